The lowest BCUT2D eigenvalue weighted by atomic mass is 10.1. The Morgan fingerprint density at radius 1 is 1.05 bits per heavy atom. The van der Waals surface area contributed by atoms with Crippen molar-refractivity contribution >= 4 is 32.2 Å². The maximum atomic E-state index is 13.4. The number of hydrogen-bond donors (Lipinski definition) is 1. The Morgan fingerprint density at radius 2 is 1.79 bits per heavy atom. The molecule has 0 spiro atoms. The molecule has 11 heteroatoms. The maximum absolute atomic E-state index is 13.4. The number of rotatable bonds is 11. The minimum absolute atomic E-state index is 0.190. The zero-order valence-electron chi connectivity index (χ0n) is 23.7. The Bertz CT molecular complexity index is 1640. The summed E-state index contributed by atoms with van der Waals surface area (Å²) in [6.45, 7) is 4.79. The second kappa shape index (κ2) is 13.0. The van der Waals surface area contributed by atoms with Crippen LogP contribution in [0.5, 0.6) is 17.2 Å². The van der Waals surface area contributed by atoms with Crippen molar-refractivity contribution in [1.29, 1.82) is 0 Å². The highest BCUT2D eigenvalue weighted by Crippen LogP contribution is 2.32. The van der Waals surface area contributed by atoms with Crippen molar-refractivity contribution in [2.45, 2.75) is 37.4 Å². The molecule has 0 fully saturated rings. The number of ether oxygens (including phenoxy) is 3. The van der Waals surface area contributed by atoms with E-state index in [1.807, 2.05) is 13.0 Å². The van der Waals surface area contributed by atoms with Gasteiger partial charge in [0, 0.05) is 55.9 Å². The van der Waals surface area contributed by atoms with Gasteiger partial charge >= 0.3 is 0 Å². The first-order chi connectivity index (χ1) is 20.2. The fraction of sp³-hybridized carbons (Fsp3) is 0.290. The molecule has 1 atom stereocenters. The summed E-state index contributed by atoms with van der Waals surface area (Å²) < 4.78 is 40.8. The van der Waals surface area contributed by atoms with Gasteiger partial charge in [-0.25, -0.2) is 13.4 Å². The van der Waals surface area contributed by atoms with Crippen LogP contribution in [-0.4, -0.2) is 56.8 Å². The largest absolute Gasteiger partial charge is 0.488 e. The average Bonchev–Trinajstić information content (AvgIpc) is 3.35. The molecule has 0 bridgehead atoms. The van der Waals surface area contributed by atoms with Gasteiger partial charge in [0.05, 0.1) is 17.2 Å². The van der Waals surface area contributed by atoms with E-state index < -0.39 is 9.84 Å². The van der Waals surface area contributed by atoms with Crippen LogP contribution in [-0.2, 0) is 34.1 Å². The molecule has 1 aliphatic heterocycles. The number of amides is 1. The fourth-order valence-corrected chi connectivity index (χ4v) is 6.35. The van der Waals surface area contributed by atoms with Crippen molar-refractivity contribution in [2.75, 3.05) is 31.8 Å². The van der Waals surface area contributed by atoms with Crippen LogP contribution < -0.4 is 14.8 Å². The molecular weight excluding hydrogens is 574 g/mol. The number of carbonyl (C=O) groups excluding carboxylic acids is 1. The van der Waals surface area contributed by atoms with Crippen molar-refractivity contribution < 1.29 is 27.4 Å². The van der Waals surface area contributed by atoms with Crippen LogP contribution in [0.4, 0.5) is 5.13 Å². The Kier molecular flexibility index (Phi) is 9.22. The van der Waals surface area contributed by atoms with Gasteiger partial charge in [-0.05, 0) is 48.9 Å². The van der Waals surface area contributed by atoms with Gasteiger partial charge in [-0.3, -0.25) is 15.0 Å². The number of benzene rings is 3. The zero-order chi connectivity index (χ0) is 29.7. The van der Waals surface area contributed by atoms with E-state index in [9.17, 15) is 13.2 Å². The molecule has 5 rings (SSSR count). The first kappa shape index (κ1) is 29.7. The molecule has 0 aliphatic carbocycles. The van der Waals surface area contributed by atoms with Crippen molar-refractivity contribution in [3.8, 4) is 17.2 Å². The molecule has 4 aromatic rings. The van der Waals surface area contributed by atoms with E-state index in [2.05, 4.69) is 34.5 Å². The Labute approximate surface area is 250 Å². The van der Waals surface area contributed by atoms with Crippen LogP contribution in [0.25, 0.3) is 0 Å². The monoisotopic (exact) mass is 607 g/mol. The lowest BCUT2D eigenvalue weighted by Gasteiger charge is -2.25. The van der Waals surface area contributed by atoms with E-state index in [-0.39, 0.29) is 16.9 Å². The maximum Gasteiger partial charge on any atom is 0.257 e. The number of hydrogen-bond acceptors (Lipinski definition) is 9. The normalized spacial score (nSPS) is 14.2. The molecular formula is C31H33N3O6S2. The highest BCUT2D eigenvalue weighted by atomic mass is 32.2. The van der Waals surface area contributed by atoms with Crippen LogP contribution >= 0.6 is 11.3 Å². The number of carbonyl (C=O) groups is 1. The van der Waals surface area contributed by atoms with Crippen LogP contribution in [0.2, 0.25) is 0 Å². The summed E-state index contributed by atoms with van der Waals surface area (Å²) in [7, 11) is -1.74. The molecule has 220 valence electrons. The molecule has 3 aromatic carbocycles. The second-order valence-corrected chi connectivity index (χ2v) is 13.3. The lowest BCUT2D eigenvalue weighted by Crippen LogP contribution is -2.29. The van der Waals surface area contributed by atoms with Crippen molar-refractivity contribution in [3.63, 3.8) is 0 Å². The number of methoxy groups -OCH3 is 1. The van der Waals surface area contributed by atoms with Crippen LogP contribution in [0, 0.1) is 0 Å². The molecule has 9 nitrogen and oxygen atoms in total. The molecule has 0 radical (unpaired) electrons. The second-order valence-electron chi connectivity index (χ2n) is 10.2. The molecule has 1 unspecified atom stereocenters. The van der Waals surface area contributed by atoms with E-state index in [1.165, 1.54) is 29.0 Å². The van der Waals surface area contributed by atoms with Gasteiger partial charge in [0.25, 0.3) is 5.91 Å². The van der Waals surface area contributed by atoms with Gasteiger partial charge < -0.3 is 14.2 Å². The molecule has 0 saturated heterocycles. The summed E-state index contributed by atoms with van der Waals surface area (Å²) in [6, 6.07) is 21.4. The summed E-state index contributed by atoms with van der Waals surface area (Å²) >= 11 is 1.49. The van der Waals surface area contributed by atoms with Gasteiger partial charge in [0.2, 0.25) is 0 Å². The van der Waals surface area contributed by atoms with Gasteiger partial charge in [0.1, 0.15) is 23.4 Å². The smallest absolute Gasteiger partial charge is 0.257 e. The predicted molar refractivity (Wildman–Crippen MR) is 162 cm³/mol. The molecule has 1 amide bonds. The Morgan fingerprint density at radius 3 is 2.50 bits per heavy atom. The highest BCUT2D eigenvalue weighted by molar-refractivity contribution is 7.90. The van der Waals surface area contributed by atoms with E-state index in [0.717, 1.165) is 42.9 Å². The molecule has 1 N–H and O–H groups in total. The standard InChI is InChI=1S/C31H33N3O6S2/c1-21(20-38-2)39-25-15-23(16-26(17-25)40-24-9-11-27(12-10-24)42(3,36)37)30(35)33-31-32-28-13-14-34(19-29(28)41-31)18-22-7-5-4-6-8-22/h4-12,15-17,21H,13-14,18-20H2,1-3H3,(H,32,33,35). The third-order valence-corrected chi connectivity index (χ3v) is 8.77. The predicted octanol–water partition coefficient (Wildman–Crippen LogP) is 5.56. The minimum Gasteiger partial charge on any atom is -0.488 e. The Balaban J connectivity index is 1.32. The lowest BCUT2D eigenvalue weighted by molar-refractivity contribution is 0.0916. The number of thiazole rings is 1. The minimum atomic E-state index is -3.33. The van der Waals surface area contributed by atoms with Gasteiger partial charge in [0.15, 0.2) is 15.0 Å². The molecule has 1 aliphatic rings. The van der Waals surface area contributed by atoms with Crippen LogP contribution in [0.15, 0.2) is 77.7 Å². The van der Waals surface area contributed by atoms with Crippen molar-refractivity contribution in [3.05, 3.63) is 94.5 Å². The number of nitrogens with one attached hydrogen (secondary N) is 1. The summed E-state index contributed by atoms with van der Waals surface area (Å²) in [4.78, 5) is 21.8. The number of anilines is 1. The molecule has 2 heterocycles. The zero-order valence-corrected chi connectivity index (χ0v) is 25.3. The summed E-state index contributed by atoms with van der Waals surface area (Å²) in [5.74, 6) is 0.877. The molecule has 42 heavy (non-hydrogen) atoms. The van der Waals surface area contributed by atoms with Gasteiger partial charge in [-0.15, -0.1) is 11.3 Å². The van der Waals surface area contributed by atoms with Gasteiger partial charge in [-0.2, -0.15) is 0 Å². The topological polar surface area (TPSA) is 107 Å². The highest BCUT2D eigenvalue weighted by Gasteiger charge is 2.22. The SMILES string of the molecule is COCC(C)Oc1cc(Oc2ccc(S(C)(=O)=O)cc2)cc(C(=O)Nc2nc3c(s2)CN(Cc2ccccc2)CC3)c1. The van der Waals surface area contributed by atoms with E-state index in [1.54, 1.807) is 37.4 Å². The Hall–Kier alpha value is -3.77. The molecule has 0 saturated carbocycles. The number of nitrogens with zero attached hydrogens (tertiary/aromatic N) is 2. The van der Waals surface area contributed by atoms with E-state index in [4.69, 9.17) is 19.2 Å². The van der Waals surface area contributed by atoms with Crippen molar-refractivity contribution in [1.82, 2.24) is 9.88 Å². The number of aromatic nitrogens is 1. The number of sulfone groups is 1. The third kappa shape index (κ3) is 7.74. The number of fused-ring (bicyclic) bond motifs is 1. The van der Waals surface area contributed by atoms with Gasteiger partial charge in [-0.1, -0.05) is 30.3 Å². The summed E-state index contributed by atoms with van der Waals surface area (Å²) in [6.07, 6.45) is 1.71. The summed E-state index contributed by atoms with van der Waals surface area (Å²) in [5, 5.41) is 3.49. The fourth-order valence-electron chi connectivity index (χ4n) is 4.67. The van der Waals surface area contributed by atoms with Crippen LogP contribution in [0.3, 0.4) is 0 Å². The van der Waals surface area contributed by atoms with Crippen molar-refractivity contribution in [2.24, 2.45) is 0 Å². The third-order valence-electron chi connectivity index (χ3n) is 6.65. The van der Waals surface area contributed by atoms with E-state index in [0.29, 0.717) is 34.6 Å². The average molecular weight is 608 g/mol. The molecule has 1 aromatic heterocycles. The first-order valence-corrected chi connectivity index (χ1v) is 16.2. The first-order valence-electron chi connectivity index (χ1n) is 13.5. The van der Waals surface area contributed by atoms with Crippen LogP contribution in [0.1, 0.15) is 33.4 Å². The quantitative estimate of drug-likeness (QED) is 0.236. The van der Waals surface area contributed by atoms with E-state index >= 15 is 0 Å². The summed E-state index contributed by atoms with van der Waals surface area (Å²) in [5.41, 5.74) is 2.62.